The fourth-order valence-electron chi connectivity index (χ4n) is 1.90. The lowest BCUT2D eigenvalue weighted by molar-refractivity contribution is 0.0362. The summed E-state index contributed by atoms with van der Waals surface area (Å²) < 4.78 is 5.33. The van der Waals surface area contributed by atoms with Crippen LogP contribution in [0.1, 0.15) is 33.1 Å². The zero-order valence-electron chi connectivity index (χ0n) is 9.75. The van der Waals surface area contributed by atoms with Gasteiger partial charge in [-0.25, -0.2) is 0 Å². The molecule has 0 aromatic heterocycles. The molecule has 1 rings (SSSR count). The third-order valence-corrected chi connectivity index (χ3v) is 3.40. The summed E-state index contributed by atoms with van der Waals surface area (Å²) in [6.45, 7) is 7.11. The second-order valence-electron chi connectivity index (χ2n) is 4.65. The van der Waals surface area contributed by atoms with Gasteiger partial charge < -0.3 is 15.4 Å². The molecule has 0 aromatic carbocycles. The van der Waals surface area contributed by atoms with Gasteiger partial charge in [0.2, 0.25) is 0 Å². The maximum Gasteiger partial charge on any atom is 0.0484 e. The van der Waals surface area contributed by atoms with E-state index in [1.807, 2.05) is 0 Å². The standard InChI is InChI=1S/C11H24N2O/c1-4-10(2)13(3)9-11(12)5-7-14-8-6-11/h10H,4-9,12H2,1-3H3. The van der Waals surface area contributed by atoms with E-state index >= 15 is 0 Å². The Bertz CT molecular complexity index is 167. The lowest BCUT2D eigenvalue weighted by atomic mass is 9.90. The molecule has 0 bridgehead atoms. The van der Waals surface area contributed by atoms with Crippen LogP contribution in [0.25, 0.3) is 0 Å². The van der Waals surface area contributed by atoms with Crippen LogP contribution in [0, 0.1) is 0 Å². The Morgan fingerprint density at radius 1 is 1.43 bits per heavy atom. The van der Waals surface area contributed by atoms with Crippen molar-refractivity contribution in [3.8, 4) is 0 Å². The average Bonchev–Trinajstić information content (AvgIpc) is 2.17. The van der Waals surface area contributed by atoms with E-state index in [4.69, 9.17) is 10.5 Å². The number of hydrogen-bond acceptors (Lipinski definition) is 3. The van der Waals surface area contributed by atoms with E-state index < -0.39 is 0 Å². The Balaban J connectivity index is 2.40. The van der Waals surface area contributed by atoms with E-state index in [1.165, 1.54) is 6.42 Å². The third kappa shape index (κ3) is 3.23. The van der Waals surface area contributed by atoms with Gasteiger partial charge in [0.05, 0.1) is 0 Å². The highest BCUT2D eigenvalue weighted by molar-refractivity contribution is 4.89. The minimum Gasteiger partial charge on any atom is -0.381 e. The molecule has 1 heterocycles. The normalized spacial score (nSPS) is 23.8. The molecule has 0 aromatic rings. The SMILES string of the molecule is CCC(C)N(C)CC1(N)CCOCC1. The molecule has 0 amide bonds. The molecule has 3 nitrogen and oxygen atoms in total. The highest BCUT2D eigenvalue weighted by Crippen LogP contribution is 2.19. The predicted octanol–water partition coefficient (Wildman–Crippen LogP) is 1.22. The van der Waals surface area contributed by atoms with E-state index in [0.29, 0.717) is 6.04 Å². The van der Waals surface area contributed by atoms with Crippen LogP contribution in [-0.2, 0) is 4.74 Å². The number of nitrogens with zero attached hydrogens (tertiary/aromatic N) is 1. The van der Waals surface area contributed by atoms with Crippen molar-refractivity contribution in [2.24, 2.45) is 5.73 Å². The van der Waals surface area contributed by atoms with E-state index in [9.17, 15) is 0 Å². The molecule has 3 heteroatoms. The molecule has 1 saturated heterocycles. The van der Waals surface area contributed by atoms with Crippen LogP contribution >= 0.6 is 0 Å². The molecule has 1 atom stereocenters. The molecule has 0 saturated carbocycles. The Hall–Kier alpha value is -0.120. The lowest BCUT2D eigenvalue weighted by Crippen LogP contribution is -2.54. The van der Waals surface area contributed by atoms with Gasteiger partial charge in [0, 0.05) is 31.3 Å². The van der Waals surface area contributed by atoms with Crippen molar-refractivity contribution in [1.82, 2.24) is 4.90 Å². The molecule has 1 aliphatic rings. The summed E-state index contributed by atoms with van der Waals surface area (Å²) in [4.78, 5) is 2.37. The van der Waals surface area contributed by atoms with E-state index in [2.05, 4.69) is 25.8 Å². The summed E-state index contributed by atoms with van der Waals surface area (Å²) in [5, 5.41) is 0. The monoisotopic (exact) mass is 200 g/mol. The first-order valence-electron chi connectivity index (χ1n) is 5.64. The van der Waals surface area contributed by atoms with E-state index in [0.717, 1.165) is 32.6 Å². The highest BCUT2D eigenvalue weighted by Gasteiger charge is 2.29. The fourth-order valence-corrected chi connectivity index (χ4v) is 1.90. The first-order chi connectivity index (χ1) is 6.57. The minimum atomic E-state index is -0.0174. The predicted molar refractivity (Wildman–Crippen MR) is 59.4 cm³/mol. The smallest absolute Gasteiger partial charge is 0.0484 e. The summed E-state index contributed by atoms with van der Waals surface area (Å²) in [6, 6.07) is 0.623. The minimum absolute atomic E-state index is 0.0174. The fraction of sp³-hybridized carbons (Fsp3) is 1.00. The second-order valence-corrected chi connectivity index (χ2v) is 4.65. The summed E-state index contributed by atoms with van der Waals surface area (Å²) in [5.74, 6) is 0. The molecule has 0 spiro atoms. The highest BCUT2D eigenvalue weighted by atomic mass is 16.5. The largest absolute Gasteiger partial charge is 0.381 e. The average molecular weight is 200 g/mol. The van der Waals surface area contributed by atoms with Crippen LogP contribution in [0.5, 0.6) is 0 Å². The number of rotatable bonds is 4. The Labute approximate surface area is 87.6 Å². The van der Waals surface area contributed by atoms with Gasteiger partial charge in [-0.3, -0.25) is 0 Å². The molecule has 1 aliphatic heterocycles. The van der Waals surface area contributed by atoms with E-state index in [-0.39, 0.29) is 5.54 Å². The second kappa shape index (κ2) is 5.10. The Morgan fingerprint density at radius 2 is 2.00 bits per heavy atom. The van der Waals surface area contributed by atoms with Gasteiger partial charge in [-0.1, -0.05) is 6.92 Å². The van der Waals surface area contributed by atoms with Crippen LogP contribution in [0.2, 0.25) is 0 Å². The molecule has 1 unspecified atom stereocenters. The van der Waals surface area contributed by atoms with Gasteiger partial charge in [0.25, 0.3) is 0 Å². The van der Waals surface area contributed by atoms with Gasteiger partial charge in [-0.15, -0.1) is 0 Å². The molecule has 2 N–H and O–H groups in total. The van der Waals surface area contributed by atoms with Crippen LogP contribution < -0.4 is 5.73 Å². The first kappa shape index (κ1) is 12.0. The van der Waals surface area contributed by atoms with Gasteiger partial charge in [0.15, 0.2) is 0 Å². The number of likely N-dealkylation sites (N-methyl/N-ethyl adjacent to an activating group) is 1. The van der Waals surface area contributed by atoms with Gasteiger partial charge in [-0.2, -0.15) is 0 Å². The van der Waals surface area contributed by atoms with Crippen molar-refractivity contribution >= 4 is 0 Å². The maximum absolute atomic E-state index is 6.33. The van der Waals surface area contributed by atoms with Crippen molar-refractivity contribution in [1.29, 1.82) is 0 Å². The van der Waals surface area contributed by atoms with Crippen molar-refractivity contribution in [3.05, 3.63) is 0 Å². The summed E-state index contributed by atoms with van der Waals surface area (Å²) in [5.41, 5.74) is 6.31. The van der Waals surface area contributed by atoms with Crippen molar-refractivity contribution in [2.75, 3.05) is 26.8 Å². The molecule has 14 heavy (non-hydrogen) atoms. The van der Waals surface area contributed by atoms with Crippen LogP contribution in [0.15, 0.2) is 0 Å². The molecule has 0 aliphatic carbocycles. The summed E-state index contributed by atoms with van der Waals surface area (Å²) in [6.07, 6.45) is 3.17. The lowest BCUT2D eigenvalue weighted by Gasteiger charge is -2.38. The van der Waals surface area contributed by atoms with Crippen LogP contribution in [0.4, 0.5) is 0 Å². The third-order valence-electron chi connectivity index (χ3n) is 3.40. The summed E-state index contributed by atoms with van der Waals surface area (Å²) in [7, 11) is 2.16. The van der Waals surface area contributed by atoms with Crippen LogP contribution in [0.3, 0.4) is 0 Å². The Kier molecular flexibility index (Phi) is 4.35. The van der Waals surface area contributed by atoms with E-state index in [1.54, 1.807) is 0 Å². The van der Waals surface area contributed by atoms with Gasteiger partial charge in [0.1, 0.15) is 0 Å². The molecule has 84 valence electrons. The summed E-state index contributed by atoms with van der Waals surface area (Å²) >= 11 is 0. The van der Waals surface area contributed by atoms with Crippen molar-refractivity contribution in [2.45, 2.75) is 44.7 Å². The van der Waals surface area contributed by atoms with Crippen LogP contribution in [-0.4, -0.2) is 43.3 Å². The Morgan fingerprint density at radius 3 is 2.50 bits per heavy atom. The number of hydrogen-bond donors (Lipinski definition) is 1. The zero-order chi connectivity index (χ0) is 10.6. The first-order valence-corrected chi connectivity index (χ1v) is 5.64. The zero-order valence-corrected chi connectivity index (χ0v) is 9.75. The number of ether oxygens (including phenoxy) is 1. The molecule has 1 fully saturated rings. The maximum atomic E-state index is 6.33. The topological polar surface area (TPSA) is 38.5 Å². The van der Waals surface area contributed by atoms with Gasteiger partial charge in [-0.05, 0) is 33.2 Å². The molecular formula is C11H24N2O. The van der Waals surface area contributed by atoms with Crippen molar-refractivity contribution in [3.63, 3.8) is 0 Å². The molecule has 0 radical (unpaired) electrons. The van der Waals surface area contributed by atoms with Crippen molar-refractivity contribution < 1.29 is 4.74 Å². The van der Waals surface area contributed by atoms with Gasteiger partial charge >= 0.3 is 0 Å². The number of nitrogens with two attached hydrogens (primary N) is 1. The quantitative estimate of drug-likeness (QED) is 0.741. The molecular weight excluding hydrogens is 176 g/mol.